The predicted octanol–water partition coefficient (Wildman–Crippen LogP) is 3.20. The van der Waals surface area contributed by atoms with E-state index in [1.807, 2.05) is 19.1 Å². The third-order valence-corrected chi connectivity index (χ3v) is 3.76. The average molecular weight is 262 g/mol. The van der Waals surface area contributed by atoms with Crippen LogP contribution < -0.4 is 5.32 Å². The second kappa shape index (κ2) is 6.69. The summed E-state index contributed by atoms with van der Waals surface area (Å²) in [5, 5.41) is 3.16. The Hall–Kier alpha value is -1.38. The molecule has 0 saturated heterocycles. The van der Waals surface area contributed by atoms with Crippen molar-refractivity contribution in [1.29, 1.82) is 0 Å². The Bertz CT molecular complexity index is 395. The fraction of sp³-hybridized carbons (Fsp3) is 0.625. The molecule has 3 heteroatoms. The topological polar surface area (TPSA) is 42.0 Å². The van der Waals surface area contributed by atoms with Gasteiger partial charge in [0, 0.05) is 24.4 Å². The molecular weight excluding hydrogens is 236 g/mol. The van der Waals surface area contributed by atoms with Crippen molar-refractivity contribution in [3.8, 4) is 0 Å². The molecule has 1 amide bonds. The molecular formula is C16H26N2O. The predicted molar refractivity (Wildman–Crippen MR) is 78.8 cm³/mol. The van der Waals surface area contributed by atoms with Crippen molar-refractivity contribution < 1.29 is 4.79 Å². The minimum Gasteiger partial charge on any atom is -0.353 e. The van der Waals surface area contributed by atoms with E-state index in [4.69, 9.17) is 0 Å². The molecule has 2 atom stereocenters. The molecule has 1 heterocycles. The number of nitrogens with one attached hydrogen (secondary N) is 1. The second-order valence-corrected chi connectivity index (χ2v) is 6.26. The van der Waals surface area contributed by atoms with Crippen molar-refractivity contribution in [3.63, 3.8) is 0 Å². The number of amides is 1. The van der Waals surface area contributed by atoms with Crippen molar-refractivity contribution >= 4 is 5.91 Å². The molecule has 1 aromatic heterocycles. The van der Waals surface area contributed by atoms with Gasteiger partial charge in [0.05, 0.1) is 0 Å². The Kier molecular flexibility index (Phi) is 5.52. The summed E-state index contributed by atoms with van der Waals surface area (Å²) in [7, 11) is 0. The molecule has 0 fully saturated rings. The van der Waals surface area contributed by atoms with Gasteiger partial charge in [0.2, 0.25) is 5.91 Å². The van der Waals surface area contributed by atoms with Crippen molar-refractivity contribution in [3.05, 3.63) is 30.1 Å². The van der Waals surface area contributed by atoms with Crippen LogP contribution in [0.4, 0.5) is 0 Å². The fourth-order valence-corrected chi connectivity index (χ4v) is 1.82. The Morgan fingerprint density at radius 1 is 1.32 bits per heavy atom. The molecule has 0 aromatic carbocycles. The lowest BCUT2D eigenvalue weighted by Gasteiger charge is -2.28. The lowest BCUT2D eigenvalue weighted by Crippen LogP contribution is -2.42. The normalized spacial score (nSPS) is 14.8. The van der Waals surface area contributed by atoms with Gasteiger partial charge >= 0.3 is 0 Å². The number of nitrogens with zero attached hydrogens (tertiary/aromatic N) is 1. The summed E-state index contributed by atoms with van der Waals surface area (Å²) in [4.78, 5) is 16.2. The van der Waals surface area contributed by atoms with Gasteiger partial charge in [0.1, 0.15) is 0 Å². The SMILES string of the molecule is CC[C@H](Cc1ccncc1)NC(=O)[C@@H](C)C(C)(C)C. The molecule has 1 aromatic rings. The number of hydrogen-bond donors (Lipinski definition) is 1. The summed E-state index contributed by atoms with van der Waals surface area (Å²) in [6, 6.07) is 4.20. The van der Waals surface area contributed by atoms with Crippen LogP contribution in [0.15, 0.2) is 24.5 Å². The first-order valence-electron chi connectivity index (χ1n) is 7.04. The van der Waals surface area contributed by atoms with Crippen molar-refractivity contribution in [2.24, 2.45) is 11.3 Å². The Morgan fingerprint density at radius 3 is 2.37 bits per heavy atom. The molecule has 19 heavy (non-hydrogen) atoms. The molecule has 0 unspecified atom stereocenters. The van der Waals surface area contributed by atoms with Gasteiger partial charge in [0.15, 0.2) is 0 Å². The van der Waals surface area contributed by atoms with Crippen LogP contribution in [-0.4, -0.2) is 16.9 Å². The molecule has 0 saturated carbocycles. The van der Waals surface area contributed by atoms with Crippen LogP contribution in [-0.2, 0) is 11.2 Å². The second-order valence-electron chi connectivity index (χ2n) is 6.26. The molecule has 0 aliphatic rings. The van der Waals surface area contributed by atoms with Crippen LogP contribution in [0.5, 0.6) is 0 Å². The van der Waals surface area contributed by atoms with E-state index in [2.05, 4.69) is 38.0 Å². The number of pyridine rings is 1. The van der Waals surface area contributed by atoms with E-state index >= 15 is 0 Å². The van der Waals surface area contributed by atoms with Crippen molar-refractivity contribution in [1.82, 2.24) is 10.3 Å². The monoisotopic (exact) mass is 262 g/mol. The first-order valence-corrected chi connectivity index (χ1v) is 7.04. The smallest absolute Gasteiger partial charge is 0.223 e. The minimum absolute atomic E-state index is 0.000951. The van der Waals surface area contributed by atoms with E-state index < -0.39 is 0 Å². The maximum absolute atomic E-state index is 12.2. The Morgan fingerprint density at radius 2 is 1.89 bits per heavy atom. The van der Waals surface area contributed by atoms with Crippen LogP contribution in [0.1, 0.15) is 46.6 Å². The largest absolute Gasteiger partial charge is 0.353 e. The molecule has 0 spiro atoms. The number of rotatable bonds is 5. The van der Waals surface area contributed by atoms with Crippen molar-refractivity contribution in [2.45, 2.75) is 53.5 Å². The molecule has 3 nitrogen and oxygen atoms in total. The zero-order chi connectivity index (χ0) is 14.5. The van der Waals surface area contributed by atoms with Crippen LogP contribution >= 0.6 is 0 Å². The summed E-state index contributed by atoms with van der Waals surface area (Å²) >= 11 is 0. The minimum atomic E-state index is -0.000951. The van der Waals surface area contributed by atoms with Crippen molar-refractivity contribution in [2.75, 3.05) is 0 Å². The summed E-state index contributed by atoms with van der Waals surface area (Å²) in [5.74, 6) is 0.160. The van der Waals surface area contributed by atoms with E-state index in [0.29, 0.717) is 0 Å². The quantitative estimate of drug-likeness (QED) is 0.885. The summed E-state index contributed by atoms with van der Waals surface area (Å²) < 4.78 is 0. The van der Waals surface area contributed by atoms with E-state index in [1.54, 1.807) is 12.4 Å². The van der Waals surface area contributed by atoms with Gasteiger partial charge < -0.3 is 5.32 Å². The van der Waals surface area contributed by atoms with Gasteiger partial charge in [-0.05, 0) is 36.0 Å². The van der Waals surface area contributed by atoms with Crippen LogP contribution in [0.25, 0.3) is 0 Å². The van der Waals surface area contributed by atoms with Crippen LogP contribution in [0.3, 0.4) is 0 Å². The van der Waals surface area contributed by atoms with Crippen LogP contribution in [0.2, 0.25) is 0 Å². The molecule has 1 rings (SSSR count). The zero-order valence-electron chi connectivity index (χ0n) is 12.7. The Balaban J connectivity index is 2.60. The number of hydrogen-bond acceptors (Lipinski definition) is 2. The highest BCUT2D eigenvalue weighted by Gasteiger charge is 2.27. The summed E-state index contributed by atoms with van der Waals surface area (Å²) in [5.41, 5.74) is 1.21. The van der Waals surface area contributed by atoms with Gasteiger partial charge in [0.25, 0.3) is 0 Å². The summed E-state index contributed by atoms with van der Waals surface area (Å²) in [6.45, 7) is 10.4. The standard InChI is InChI=1S/C16H26N2O/c1-6-14(11-13-7-9-17-10-8-13)18-15(19)12(2)16(3,4)5/h7-10,12,14H,6,11H2,1-5H3,(H,18,19)/t12-,14-/m1/s1. The van der Waals surface area contributed by atoms with E-state index in [0.717, 1.165) is 12.8 Å². The third-order valence-electron chi connectivity index (χ3n) is 3.76. The van der Waals surface area contributed by atoms with Gasteiger partial charge in [-0.3, -0.25) is 9.78 Å². The van der Waals surface area contributed by atoms with E-state index in [9.17, 15) is 4.79 Å². The molecule has 0 bridgehead atoms. The molecule has 106 valence electrons. The van der Waals surface area contributed by atoms with Gasteiger partial charge in [-0.25, -0.2) is 0 Å². The highest BCUT2D eigenvalue weighted by Crippen LogP contribution is 2.25. The highest BCUT2D eigenvalue weighted by atomic mass is 16.1. The molecule has 0 aliphatic heterocycles. The zero-order valence-corrected chi connectivity index (χ0v) is 12.7. The molecule has 0 aliphatic carbocycles. The third kappa shape index (κ3) is 5.01. The molecule has 0 radical (unpaired) electrons. The summed E-state index contributed by atoms with van der Waals surface area (Å²) in [6.07, 6.45) is 5.38. The highest BCUT2D eigenvalue weighted by molar-refractivity contribution is 5.79. The van der Waals surface area contributed by atoms with Gasteiger partial charge in [-0.1, -0.05) is 34.6 Å². The molecule has 1 N–H and O–H groups in total. The number of carbonyl (C=O) groups is 1. The van der Waals surface area contributed by atoms with E-state index in [1.165, 1.54) is 5.56 Å². The van der Waals surface area contributed by atoms with E-state index in [-0.39, 0.29) is 23.3 Å². The number of aromatic nitrogens is 1. The lowest BCUT2D eigenvalue weighted by atomic mass is 9.81. The fourth-order valence-electron chi connectivity index (χ4n) is 1.82. The number of carbonyl (C=O) groups excluding carboxylic acids is 1. The van der Waals surface area contributed by atoms with Gasteiger partial charge in [-0.15, -0.1) is 0 Å². The van der Waals surface area contributed by atoms with Gasteiger partial charge in [-0.2, -0.15) is 0 Å². The maximum Gasteiger partial charge on any atom is 0.223 e. The van der Waals surface area contributed by atoms with Crippen LogP contribution in [0, 0.1) is 11.3 Å². The first-order chi connectivity index (χ1) is 8.84. The maximum atomic E-state index is 12.2. The first kappa shape index (κ1) is 15.7. The lowest BCUT2D eigenvalue weighted by molar-refractivity contribution is -0.128. The average Bonchev–Trinajstić information content (AvgIpc) is 2.37. The Labute approximate surface area is 116 Å².